The molecule has 0 unspecified atom stereocenters. The van der Waals surface area contributed by atoms with Crippen molar-refractivity contribution in [3.63, 3.8) is 0 Å². The second-order valence-corrected chi connectivity index (χ2v) is 9.86. The first-order valence-corrected chi connectivity index (χ1v) is 12.6. The summed E-state index contributed by atoms with van der Waals surface area (Å²) in [5, 5.41) is 4.60. The number of carbonyl (C=O) groups excluding carboxylic acids is 1. The van der Waals surface area contributed by atoms with Crippen LogP contribution in [0.3, 0.4) is 0 Å². The van der Waals surface area contributed by atoms with Crippen LogP contribution >= 0.6 is 11.6 Å². The predicted octanol–water partition coefficient (Wildman–Crippen LogP) is 6.76. The Morgan fingerprint density at radius 1 is 1.13 bits per heavy atom. The molecule has 3 aromatic carbocycles. The largest absolute Gasteiger partial charge is 0.490 e. The van der Waals surface area contributed by atoms with E-state index in [-0.39, 0.29) is 22.4 Å². The van der Waals surface area contributed by atoms with E-state index >= 15 is 4.39 Å². The van der Waals surface area contributed by atoms with Crippen LogP contribution in [0.15, 0.2) is 60.9 Å². The highest BCUT2D eigenvalue weighted by atomic mass is 35.5. The number of nitrogens with one attached hydrogen (secondary N) is 1. The first kappa shape index (κ1) is 25.5. The fraction of sp³-hybridized carbons (Fsp3) is 0.207. The number of rotatable bonds is 6. The van der Waals surface area contributed by atoms with Crippen LogP contribution in [0.4, 0.5) is 15.9 Å². The van der Waals surface area contributed by atoms with Crippen molar-refractivity contribution in [2.75, 3.05) is 11.1 Å². The maximum Gasteiger partial charge on any atom is 0.262 e. The summed E-state index contributed by atoms with van der Waals surface area (Å²) in [4.78, 5) is 22.4. The Morgan fingerprint density at radius 3 is 2.61 bits per heavy atom. The SMILES string of the molecule is Cc1nc([C@@H](C)c2cc(Cl)c(F)c(C(=O)Nc3ccc4ccccc4c3)c2OC(C)C)n2ccnc(N)c12. The second-order valence-electron chi connectivity index (χ2n) is 9.46. The number of benzene rings is 3. The van der Waals surface area contributed by atoms with Gasteiger partial charge in [-0.25, -0.2) is 14.4 Å². The molecule has 0 saturated heterocycles. The van der Waals surface area contributed by atoms with E-state index in [4.69, 9.17) is 27.1 Å². The van der Waals surface area contributed by atoms with Gasteiger partial charge >= 0.3 is 0 Å². The predicted molar refractivity (Wildman–Crippen MR) is 149 cm³/mol. The minimum absolute atomic E-state index is 0.115. The van der Waals surface area contributed by atoms with Crippen LogP contribution in [-0.2, 0) is 0 Å². The third-order valence-corrected chi connectivity index (χ3v) is 6.70. The van der Waals surface area contributed by atoms with Crippen LogP contribution in [0.1, 0.15) is 54.1 Å². The molecule has 38 heavy (non-hydrogen) atoms. The number of hydrogen-bond acceptors (Lipinski definition) is 5. The molecule has 5 rings (SSSR count). The highest BCUT2D eigenvalue weighted by Crippen LogP contribution is 2.40. The van der Waals surface area contributed by atoms with Crippen LogP contribution in [0.2, 0.25) is 5.02 Å². The summed E-state index contributed by atoms with van der Waals surface area (Å²) >= 11 is 6.37. The van der Waals surface area contributed by atoms with E-state index in [2.05, 4.69) is 10.3 Å². The molecule has 0 fully saturated rings. The van der Waals surface area contributed by atoms with E-state index < -0.39 is 17.6 Å². The van der Waals surface area contributed by atoms with Crippen LogP contribution in [0.25, 0.3) is 16.3 Å². The van der Waals surface area contributed by atoms with Gasteiger partial charge in [-0.2, -0.15) is 0 Å². The van der Waals surface area contributed by atoms with Crippen molar-refractivity contribution in [2.24, 2.45) is 0 Å². The lowest BCUT2D eigenvalue weighted by atomic mass is 9.95. The lowest BCUT2D eigenvalue weighted by Crippen LogP contribution is -2.20. The molecule has 194 valence electrons. The van der Waals surface area contributed by atoms with Gasteiger partial charge in [0.2, 0.25) is 0 Å². The standard InChI is InChI=1S/C29H27ClFN5O2/c1-15(2)38-26-21(16(3)28-34-17(4)25-27(32)33-11-12-36(25)28)14-22(30)24(31)23(26)29(37)35-20-10-9-18-7-5-6-8-19(18)13-20/h5-16H,1-4H3,(H2,32,33)(H,35,37)/t16-/m0/s1. The Bertz CT molecular complexity index is 1700. The number of nitrogens with two attached hydrogens (primary N) is 1. The van der Waals surface area contributed by atoms with Crippen LogP contribution in [-0.4, -0.2) is 26.4 Å². The van der Waals surface area contributed by atoms with Gasteiger partial charge in [-0.3, -0.25) is 9.20 Å². The van der Waals surface area contributed by atoms with Crippen LogP contribution in [0.5, 0.6) is 5.75 Å². The van der Waals surface area contributed by atoms with Gasteiger partial charge in [-0.15, -0.1) is 0 Å². The normalized spacial score (nSPS) is 12.3. The van der Waals surface area contributed by atoms with E-state index in [1.807, 2.05) is 68.5 Å². The van der Waals surface area contributed by atoms with Crippen molar-refractivity contribution in [3.05, 3.63) is 94.4 Å². The third kappa shape index (κ3) is 4.52. The molecule has 9 heteroatoms. The molecule has 0 saturated carbocycles. The molecular weight excluding hydrogens is 505 g/mol. The molecule has 5 aromatic rings. The Kier molecular flexibility index (Phi) is 6.67. The van der Waals surface area contributed by atoms with Gasteiger partial charge < -0.3 is 15.8 Å². The molecule has 7 nitrogen and oxygen atoms in total. The fourth-order valence-electron chi connectivity index (χ4n) is 4.69. The number of amides is 1. The number of aryl methyl sites for hydroxylation is 1. The molecule has 2 aromatic heterocycles. The molecule has 0 radical (unpaired) electrons. The van der Waals surface area contributed by atoms with Gasteiger partial charge in [0.25, 0.3) is 5.91 Å². The van der Waals surface area contributed by atoms with Gasteiger partial charge in [0, 0.05) is 29.6 Å². The molecule has 0 aliphatic carbocycles. The Hall–Kier alpha value is -4.17. The molecule has 0 aliphatic heterocycles. The monoisotopic (exact) mass is 531 g/mol. The minimum atomic E-state index is -0.853. The summed E-state index contributed by atoms with van der Waals surface area (Å²) in [6, 6.07) is 14.8. The second kappa shape index (κ2) is 9.95. The summed E-state index contributed by atoms with van der Waals surface area (Å²) in [6.07, 6.45) is 3.01. The van der Waals surface area contributed by atoms with E-state index in [1.54, 1.807) is 18.5 Å². The molecule has 0 spiro atoms. The Labute approximate surface area is 224 Å². The third-order valence-electron chi connectivity index (χ3n) is 6.43. The molecule has 2 heterocycles. The first-order valence-electron chi connectivity index (χ1n) is 12.2. The number of nitrogen functional groups attached to an aromatic ring is 1. The zero-order valence-electron chi connectivity index (χ0n) is 21.4. The molecule has 0 aliphatic rings. The highest BCUT2D eigenvalue weighted by molar-refractivity contribution is 6.31. The quantitative estimate of drug-likeness (QED) is 0.252. The average Bonchev–Trinajstić information content (AvgIpc) is 3.23. The number of halogens is 2. The number of fused-ring (bicyclic) bond motifs is 2. The zero-order chi connectivity index (χ0) is 27.1. The number of imidazole rings is 1. The van der Waals surface area contributed by atoms with Crippen LogP contribution < -0.4 is 15.8 Å². The van der Waals surface area contributed by atoms with E-state index in [0.717, 1.165) is 10.8 Å². The summed E-state index contributed by atoms with van der Waals surface area (Å²) in [6.45, 7) is 7.36. The summed E-state index contributed by atoms with van der Waals surface area (Å²) in [5.41, 5.74) is 8.27. The summed E-state index contributed by atoms with van der Waals surface area (Å²) < 4.78 is 23.5. The summed E-state index contributed by atoms with van der Waals surface area (Å²) in [5.74, 6) is -0.858. The van der Waals surface area contributed by atoms with E-state index in [0.29, 0.717) is 34.1 Å². The van der Waals surface area contributed by atoms with Gasteiger partial charge in [-0.1, -0.05) is 48.9 Å². The average molecular weight is 532 g/mol. The molecule has 1 amide bonds. The topological polar surface area (TPSA) is 94.5 Å². The van der Waals surface area contributed by atoms with Crippen molar-refractivity contribution in [3.8, 4) is 5.75 Å². The summed E-state index contributed by atoms with van der Waals surface area (Å²) in [7, 11) is 0. The first-order chi connectivity index (χ1) is 18.2. The van der Waals surface area contributed by atoms with Gasteiger partial charge in [0.1, 0.15) is 28.5 Å². The van der Waals surface area contributed by atoms with Crippen molar-refractivity contribution in [1.82, 2.24) is 14.4 Å². The van der Waals surface area contributed by atoms with Gasteiger partial charge in [0.15, 0.2) is 5.82 Å². The number of hydrogen-bond donors (Lipinski definition) is 2. The highest BCUT2D eigenvalue weighted by Gasteiger charge is 2.30. The van der Waals surface area contributed by atoms with Crippen molar-refractivity contribution in [2.45, 2.75) is 39.7 Å². The van der Waals surface area contributed by atoms with E-state index in [1.165, 1.54) is 6.07 Å². The lowest BCUT2D eigenvalue weighted by molar-refractivity contribution is 0.101. The molecular formula is C29H27ClFN5O2. The Morgan fingerprint density at radius 2 is 1.87 bits per heavy atom. The van der Waals surface area contributed by atoms with Gasteiger partial charge in [0.05, 0.1) is 16.8 Å². The number of nitrogens with zero attached hydrogens (tertiary/aromatic N) is 3. The Balaban J connectivity index is 1.63. The lowest BCUT2D eigenvalue weighted by Gasteiger charge is -2.22. The van der Waals surface area contributed by atoms with E-state index in [9.17, 15) is 4.79 Å². The van der Waals surface area contributed by atoms with Crippen molar-refractivity contribution >= 4 is 45.3 Å². The molecule has 0 bridgehead atoms. The molecule has 1 atom stereocenters. The van der Waals surface area contributed by atoms with Gasteiger partial charge in [-0.05, 0) is 49.7 Å². The smallest absolute Gasteiger partial charge is 0.262 e. The number of carbonyl (C=O) groups is 1. The van der Waals surface area contributed by atoms with Crippen molar-refractivity contribution < 1.29 is 13.9 Å². The molecule has 3 N–H and O–H groups in total. The van der Waals surface area contributed by atoms with Crippen LogP contribution in [0, 0.1) is 12.7 Å². The number of ether oxygens (including phenoxy) is 1. The maximum absolute atomic E-state index is 15.6. The van der Waals surface area contributed by atoms with Crippen molar-refractivity contribution in [1.29, 1.82) is 0 Å². The fourth-order valence-corrected chi connectivity index (χ4v) is 4.90. The number of aromatic nitrogens is 3. The maximum atomic E-state index is 15.6. The zero-order valence-corrected chi connectivity index (χ0v) is 22.2. The number of anilines is 2. The minimum Gasteiger partial charge on any atom is -0.490 e.